The summed E-state index contributed by atoms with van der Waals surface area (Å²) >= 11 is 0. The fourth-order valence-electron chi connectivity index (χ4n) is 3.48. The monoisotopic (exact) mass is 462 g/mol. The maximum Gasteiger partial charge on any atom is 3.00 e. The summed E-state index contributed by atoms with van der Waals surface area (Å²) in [6, 6.07) is 16.9. The largest absolute Gasteiger partial charge is 3.00 e. The van der Waals surface area contributed by atoms with Crippen LogP contribution in [0.2, 0.25) is 13.1 Å². The maximum atomic E-state index is 3.69. The van der Waals surface area contributed by atoms with Crippen molar-refractivity contribution in [2.45, 2.75) is 46.2 Å². The Labute approximate surface area is 200 Å². The topological polar surface area (TPSA) is 0 Å². The van der Waals surface area contributed by atoms with E-state index in [-0.39, 0.29) is 51.9 Å². The van der Waals surface area contributed by atoms with Crippen molar-refractivity contribution in [3.8, 4) is 11.1 Å². The second-order valence-electron chi connectivity index (χ2n) is 7.97. The Morgan fingerprint density at radius 3 is 2.21 bits per heavy atom. The van der Waals surface area contributed by atoms with Crippen molar-refractivity contribution in [1.82, 2.24) is 0 Å². The van der Waals surface area contributed by atoms with Crippen molar-refractivity contribution in [2.75, 3.05) is 0 Å². The molecular weight excluding hydrogens is 435 g/mol. The number of halogens is 2. The van der Waals surface area contributed by atoms with Gasteiger partial charge in [0.1, 0.15) is 0 Å². The molecule has 0 aliphatic heterocycles. The van der Waals surface area contributed by atoms with Gasteiger partial charge in [0.2, 0.25) is 0 Å². The number of allylic oxidation sites excluding steroid dienone is 4. The van der Waals surface area contributed by atoms with Crippen molar-refractivity contribution in [3.05, 3.63) is 83.0 Å². The molecule has 2 aliphatic rings. The van der Waals surface area contributed by atoms with E-state index in [1.165, 1.54) is 33.4 Å². The summed E-state index contributed by atoms with van der Waals surface area (Å²) in [5, 5.41) is 0. The molecule has 0 aromatic heterocycles. The Bertz CT molecular complexity index is 835. The smallest absolute Gasteiger partial charge is 1.00 e. The average Bonchev–Trinajstić information content (AvgIpc) is 3.19. The molecule has 1 atom stereocenters. The van der Waals surface area contributed by atoms with Crippen LogP contribution in [0, 0.1) is 11.5 Å². The normalized spacial score (nSPS) is 15.6. The quantitative estimate of drug-likeness (QED) is 0.358. The van der Waals surface area contributed by atoms with Crippen molar-refractivity contribution in [3.63, 3.8) is 0 Å². The van der Waals surface area contributed by atoms with E-state index < -0.39 is 0 Å². The van der Waals surface area contributed by atoms with Gasteiger partial charge in [-0.2, -0.15) is 23.8 Å². The number of rotatable bonds is 1. The van der Waals surface area contributed by atoms with Crippen LogP contribution in [0.15, 0.2) is 60.2 Å². The van der Waals surface area contributed by atoms with Gasteiger partial charge in [-0.05, 0) is 23.3 Å². The molecule has 146 valence electrons. The molecular formula is C24H28Cl2SiTi. The van der Waals surface area contributed by atoms with Crippen LogP contribution in [-0.2, 0) is 28.1 Å². The molecule has 0 spiro atoms. The minimum absolute atomic E-state index is 0. The first-order chi connectivity index (χ1) is 11.9. The number of hydrogen-bond acceptors (Lipinski definition) is 0. The van der Waals surface area contributed by atoms with E-state index in [1.807, 2.05) is 0 Å². The molecule has 4 heteroatoms. The van der Waals surface area contributed by atoms with Crippen LogP contribution in [0.3, 0.4) is 0 Å². The zero-order valence-electron chi connectivity index (χ0n) is 17.3. The van der Waals surface area contributed by atoms with E-state index in [4.69, 9.17) is 0 Å². The van der Waals surface area contributed by atoms with Crippen LogP contribution in [0.5, 0.6) is 0 Å². The summed E-state index contributed by atoms with van der Waals surface area (Å²) in [6.45, 7) is 11.2. The Balaban J connectivity index is 0.00000115. The van der Waals surface area contributed by atoms with Crippen LogP contribution < -0.4 is 24.8 Å². The van der Waals surface area contributed by atoms with Crippen LogP contribution >= 0.6 is 0 Å². The third kappa shape index (κ3) is 5.97. The molecule has 0 N–H and O–H groups in total. The molecule has 0 nitrogen and oxygen atoms in total. The third-order valence-corrected chi connectivity index (χ3v) is 4.79. The zero-order chi connectivity index (χ0) is 18.0. The molecule has 2 aliphatic carbocycles. The van der Waals surface area contributed by atoms with Gasteiger partial charge in [0.05, 0.1) is 0 Å². The molecule has 28 heavy (non-hydrogen) atoms. The van der Waals surface area contributed by atoms with E-state index in [1.54, 1.807) is 0 Å². The third-order valence-electron chi connectivity index (χ3n) is 4.79. The summed E-state index contributed by atoms with van der Waals surface area (Å²) in [4.78, 5) is 0. The van der Waals surface area contributed by atoms with Gasteiger partial charge in [-0.15, -0.1) is 11.1 Å². The summed E-state index contributed by atoms with van der Waals surface area (Å²) in [6.07, 6.45) is 7.99. The van der Waals surface area contributed by atoms with Gasteiger partial charge in [-0.1, -0.05) is 87.5 Å². The maximum absolute atomic E-state index is 3.69. The van der Waals surface area contributed by atoms with Crippen molar-refractivity contribution < 1.29 is 46.5 Å². The van der Waals surface area contributed by atoms with Gasteiger partial charge in [0.15, 0.2) is 0 Å². The standard InChI is InChI=1S/C22H21.C2H7Si.2ClH.Ti/c1-22(2,3)19-10-8-16(14-19)15-9-11-21-18(12-15)13-17-6-4-5-7-20(17)21;1-3-2;;;/h4-11,14,16H,13H2,1-3H3;3H,1-2H3;2*1H;/q-1;;;;+3/p-2. The SMILES string of the molecule is CC(C)(C)C1=CC(c2[c-]c3c(cc2)-c2ccccc2C3)C=C1.C[SiH]C.[Cl-].[Cl-].[Ti+3]. The van der Waals surface area contributed by atoms with Crippen LogP contribution in [0.1, 0.15) is 43.4 Å². The Morgan fingerprint density at radius 1 is 0.964 bits per heavy atom. The van der Waals surface area contributed by atoms with Gasteiger partial charge >= 0.3 is 21.7 Å². The summed E-state index contributed by atoms with van der Waals surface area (Å²) in [5.74, 6) is 0.378. The van der Waals surface area contributed by atoms with Gasteiger partial charge in [-0.25, -0.2) is 0 Å². The molecule has 2 aromatic rings. The van der Waals surface area contributed by atoms with Crippen molar-refractivity contribution in [2.24, 2.45) is 5.41 Å². The van der Waals surface area contributed by atoms with Crippen LogP contribution in [0.4, 0.5) is 0 Å². The Kier molecular flexibility index (Phi) is 11.3. The number of fused-ring (bicyclic) bond motifs is 3. The molecule has 0 saturated carbocycles. The zero-order valence-corrected chi connectivity index (χ0v) is 21.5. The van der Waals surface area contributed by atoms with E-state index >= 15 is 0 Å². The minimum atomic E-state index is 0. The first kappa shape index (κ1) is 27.4. The number of benzene rings is 2. The molecule has 0 bridgehead atoms. The molecule has 0 saturated heterocycles. The van der Waals surface area contributed by atoms with Gasteiger partial charge in [0.25, 0.3) is 0 Å². The van der Waals surface area contributed by atoms with Crippen molar-refractivity contribution >= 4 is 9.52 Å². The van der Waals surface area contributed by atoms with E-state index in [0.29, 0.717) is 5.92 Å². The van der Waals surface area contributed by atoms with Crippen LogP contribution in [-0.4, -0.2) is 9.52 Å². The molecule has 0 amide bonds. The summed E-state index contributed by atoms with van der Waals surface area (Å²) in [7, 11) is 0.750. The molecule has 0 fully saturated rings. The van der Waals surface area contributed by atoms with Gasteiger partial charge < -0.3 is 24.8 Å². The summed E-state index contributed by atoms with van der Waals surface area (Å²) in [5.41, 5.74) is 8.47. The first-order valence-electron chi connectivity index (χ1n) is 9.22. The summed E-state index contributed by atoms with van der Waals surface area (Å²) < 4.78 is 0. The molecule has 2 aromatic carbocycles. The van der Waals surface area contributed by atoms with E-state index in [9.17, 15) is 0 Å². The molecule has 0 heterocycles. The number of hydrogen-bond donors (Lipinski definition) is 0. The Morgan fingerprint density at radius 2 is 1.61 bits per heavy atom. The van der Waals surface area contributed by atoms with Gasteiger partial charge in [-0.3, -0.25) is 0 Å². The predicted octanol–water partition coefficient (Wildman–Crippen LogP) is 0.208. The molecule has 2 radical (unpaired) electrons. The Hall–Kier alpha value is -0.569. The van der Waals surface area contributed by atoms with Gasteiger partial charge in [0, 0.05) is 9.52 Å². The fraction of sp³-hybridized carbons (Fsp3) is 0.333. The average molecular weight is 463 g/mol. The minimum Gasteiger partial charge on any atom is -1.00 e. The second-order valence-corrected chi connectivity index (χ2v) is 9.13. The predicted molar refractivity (Wildman–Crippen MR) is 112 cm³/mol. The molecule has 4 rings (SSSR count). The van der Waals surface area contributed by atoms with Crippen LogP contribution in [0.25, 0.3) is 11.1 Å². The molecule has 1 unspecified atom stereocenters. The van der Waals surface area contributed by atoms with Crippen molar-refractivity contribution in [1.29, 1.82) is 0 Å². The fourth-order valence-corrected chi connectivity index (χ4v) is 3.48. The first-order valence-corrected chi connectivity index (χ1v) is 11.5. The van der Waals surface area contributed by atoms with E-state index in [2.05, 4.69) is 94.6 Å². The second kappa shape index (κ2) is 11.6. The van der Waals surface area contributed by atoms with E-state index in [0.717, 1.165) is 15.9 Å².